The second kappa shape index (κ2) is 9.61. The fourth-order valence-corrected chi connectivity index (χ4v) is 7.18. The zero-order valence-electron chi connectivity index (χ0n) is 24.9. The average Bonchev–Trinajstić information content (AvgIpc) is 3.77. The molecule has 6 aromatic carbocycles. The molecular weight excluding hydrogens is 578 g/mol. The number of nitrogens with zero attached hydrogens (tertiary/aromatic N) is 7. The smallest absolute Gasteiger partial charge is 0.241 e. The van der Waals surface area contributed by atoms with Crippen LogP contribution in [0.2, 0.25) is 0 Å². The minimum atomic E-state index is 0.490. The number of nitriles is 1. The van der Waals surface area contributed by atoms with Gasteiger partial charge in [0.2, 0.25) is 17.8 Å². The first-order valence-corrected chi connectivity index (χ1v) is 15.5. The summed E-state index contributed by atoms with van der Waals surface area (Å²) in [5, 5.41) is 16.2. The van der Waals surface area contributed by atoms with Gasteiger partial charge in [-0.15, -0.1) is 0 Å². The third-order valence-corrected chi connectivity index (χ3v) is 9.16. The molecule has 4 aromatic heterocycles. The molecule has 0 fully saturated rings. The van der Waals surface area contributed by atoms with Crippen LogP contribution in [-0.4, -0.2) is 28.7 Å². The van der Waals surface area contributed by atoms with Crippen molar-refractivity contribution in [1.82, 2.24) is 28.7 Å². The first-order chi connectivity index (χ1) is 23.3. The largest absolute Gasteiger partial charge is 0.278 e. The Morgan fingerprint density at radius 3 is 1.00 bits per heavy atom. The van der Waals surface area contributed by atoms with Gasteiger partial charge < -0.3 is 0 Å². The van der Waals surface area contributed by atoms with Gasteiger partial charge in [0.15, 0.2) is 0 Å². The molecule has 0 bridgehead atoms. The van der Waals surface area contributed by atoms with Gasteiger partial charge in [0, 0.05) is 32.3 Å². The van der Waals surface area contributed by atoms with Gasteiger partial charge in [-0.1, -0.05) is 91.0 Å². The topological polar surface area (TPSA) is 77.2 Å². The SMILES string of the molecule is N#Cc1ccc2c(c1)c1ccccc1n2-c1nc(-n2c3ccccc3c3ccccc32)nc(-n2c3ccccc3c3ccccc32)n1. The van der Waals surface area contributed by atoms with Crippen LogP contribution in [0.3, 0.4) is 0 Å². The quantitative estimate of drug-likeness (QED) is 0.202. The molecule has 0 saturated heterocycles. The molecule has 0 amide bonds. The van der Waals surface area contributed by atoms with E-state index < -0.39 is 0 Å². The third kappa shape index (κ3) is 3.58. The molecule has 47 heavy (non-hydrogen) atoms. The van der Waals surface area contributed by atoms with E-state index in [0.717, 1.165) is 65.4 Å². The third-order valence-electron chi connectivity index (χ3n) is 9.16. The van der Waals surface area contributed by atoms with Crippen LogP contribution in [0.1, 0.15) is 5.56 Å². The van der Waals surface area contributed by atoms with Crippen LogP contribution in [0.5, 0.6) is 0 Å². The Balaban J connectivity index is 1.38. The van der Waals surface area contributed by atoms with Crippen molar-refractivity contribution < 1.29 is 0 Å². The standard InChI is InChI=1S/C40H23N7/c41-24-25-21-22-37-31(23-25)30-15-5-10-20-36(30)47(37)40-43-38(45-32-16-6-1-11-26(32)27-12-2-7-17-33(27)45)42-39(44-40)46-34-18-8-3-13-28(34)29-14-4-9-19-35(29)46/h1-23H. The number of para-hydroxylation sites is 5. The molecule has 7 heteroatoms. The Kier molecular flexibility index (Phi) is 5.22. The maximum atomic E-state index is 9.73. The van der Waals surface area contributed by atoms with E-state index in [-0.39, 0.29) is 0 Å². The summed E-state index contributed by atoms with van der Waals surface area (Å²) in [6, 6.07) is 49.7. The van der Waals surface area contributed by atoms with Crippen LogP contribution < -0.4 is 0 Å². The number of hydrogen-bond acceptors (Lipinski definition) is 4. The van der Waals surface area contributed by atoms with E-state index in [0.29, 0.717) is 23.4 Å². The molecule has 0 aliphatic carbocycles. The van der Waals surface area contributed by atoms with Crippen molar-refractivity contribution in [2.75, 3.05) is 0 Å². The summed E-state index contributed by atoms with van der Waals surface area (Å²) >= 11 is 0. The number of aromatic nitrogens is 6. The van der Waals surface area contributed by atoms with Crippen LogP contribution >= 0.6 is 0 Å². The molecule has 218 valence electrons. The van der Waals surface area contributed by atoms with Gasteiger partial charge in [-0.05, 0) is 48.5 Å². The van der Waals surface area contributed by atoms with Crippen molar-refractivity contribution in [3.8, 4) is 23.9 Å². The number of hydrogen-bond donors (Lipinski definition) is 0. The van der Waals surface area contributed by atoms with Crippen molar-refractivity contribution in [2.24, 2.45) is 0 Å². The van der Waals surface area contributed by atoms with Crippen molar-refractivity contribution in [3.05, 3.63) is 145 Å². The van der Waals surface area contributed by atoms with Crippen molar-refractivity contribution >= 4 is 65.4 Å². The van der Waals surface area contributed by atoms with Gasteiger partial charge in [-0.3, -0.25) is 13.7 Å². The monoisotopic (exact) mass is 601 g/mol. The van der Waals surface area contributed by atoms with E-state index in [2.05, 4.69) is 105 Å². The zero-order chi connectivity index (χ0) is 31.1. The minimum Gasteiger partial charge on any atom is -0.278 e. The average molecular weight is 602 g/mol. The summed E-state index contributed by atoms with van der Waals surface area (Å²) in [6.45, 7) is 0. The second-order valence-corrected chi connectivity index (χ2v) is 11.7. The second-order valence-electron chi connectivity index (χ2n) is 11.7. The van der Waals surface area contributed by atoms with Gasteiger partial charge in [0.1, 0.15) is 0 Å². The van der Waals surface area contributed by atoms with Crippen LogP contribution in [-0.2, 0) is 0 Å². The maximum Gasteiger partial charge on any atom is 0.241 e. The highest BCUT2D eigenvalue weighted by atomic mass is 15.3. The predicted molar refractivity (Wildman–Crippen MR) is 188 cm³/mol. The summed E-state index contributed by atoms with van der Waals surface area (Å²) in [5.74, 6) is 1.53. The lowest BCUT2D eigenvalue weighted by atomic mass is 10.1. The van der Waals surface area contributed by atoms with Crippen LogP contribution in [0, 0.1) is 11.3 Å². The van der Waals surface area contributed by atoms with Crippen LogP contribution in [0.4, 0.5) is 0 Å². The van der Waals surface area contributed by atoms with Gasteiger partial charge in [0.05, 0.1) is 44.7 Å². The van der Waals surface area contributed by atoms with Crippen molar-refractivity contribution in [1.29, 1.82) is 5.26 Å². The lowest BCUT2D eigenvalue weighted by molar-refractivity contribution is 0.848. The van der Waals surface area contributed by atoms with Crippen molar-refractivity contribution in [3.63, 3.8) is 0 Å². The summed E-state index contributed by atoms with van der Waals surface area (Å²) in [4.78, 5) is 15.8. The molecule has 0 saturated carbocycles. The Morgan fingerprint density at radius 1 is 0.362 bits per heavy atom. The highest BCUT2D eigenvalue weighted by Crippen LogP contribution is 2.36. The number of rotatable bonds is 3. The molecule has 0 atom stereocenters. The Bertz CT molecular complexity index is 2700. The molecule has 0 radical (unpaired) electrons. The highest BCUT2D eigenvalue weighted by Gasteiger charge is 2.22. The molecule has 4 heterocycles. The molecule has 0 aliphatic heterocycles. The highest BCUT2D eigenvalue weighted by molar-refractivity contribution is 6.11. The van der Waals surface area contributed by atoms with E-state index >= 15 is 0 Å². The van der Waals surface area contributed by atoms with E-state index in [4.69, 9.17) is 15.0 Å². The maximum absolute atomic E-state index is 9.73. The zero-order valence-corrected chi connectivity index (χ0v) is 24.9. The lowest BCUT2D eigenvalue weighted by Crippen LogP contribution is -2.13. The summed E-state index contributed by atoms with van der Waals surface area (Å²) in [6.07, 6.45) is 0. The van der Waals surface area contributed by atoms with Crippen LogP contribution in [0.15, 0.2) is 140 Å². The van der Waals surface area contributed by atoms with E-state index in [1.807, 2.05) is 54.6 Å². The van der Waals surface area contributed by atoms with Gasteiger partial charge >= 0.3 is 0 Å². The van der Waals surface area contributed by atoms with Crippen LogP contribution in [0.25, 0.3) is 83.3 Å². The molecule has 0 aliphatic rings. The molecular formula is C40H23N7. The Hall–Kier alpha value is -6.78. The summed E-state index contributed by atoms with van der Waals surface area (Å²) in [7, 11) is 0. The minimum absolute atomic E-state index is 0.490. The Labute approximate surface area is 267 Å². The molecule has 0 N–H and O–H groups in total. The fourth-order valence-electron chi connectivity index (χ4n) is 7.18. The van der Waals surface area contributed by atoms with Crippen molar-refractivity contribution in [2.45, 2.75) is 0 Å². The molecule has 0 unspecified atom stereocenters. The van der Waals surface area contributed by atoms with Gasteiger partial charge in [-0.2, -0.15) is 20.2 Å². The molecule has 0 spiro atoms. The fraction of sp³-hybridized carbons (Fsp3) is 0. The van der Waals surface area contributed by atoms with E-state index in [9.17, 15) is 5.26 Å². The van der Waals surface area contributed by atoms with Gasteiger partial charge in [0.25, 0.3) is 0 Å². The first kappa shape index (κ1) is 25.5. The normalized spacial score (nSPS) is 11.8. The summed E-state index contributed by atoms with van der Waals surface area (Å²) < 4.78 is 6.35. The lowest BCUT2D eigenvalue weighted by Gasteiger charge is -2.14. The molecule has 10 rings (SSSR count). The predicted octanol–water partition coefficient (Wildman–Crippen LogP) is 9.03. The number of benzene rings is 6. The summed E-state index contributed by atoms with van der Waals surface area (Å²) in [5.41, 5.74) is 6.52. The van der Waals surface area contributed by atoms with Gasteiger partial charge in [-0.25, -0.2) is 0 Å². The molecule has 7 nitrogen and oxygen atoms in total. The van der Waals surface area contributed by atoms with E-state index in [1.165, 1.54) is 0 Å². The first-order valence-electron chi connectivity index (χ1n) is 15.5. The molecule has 10 aromatic rings. The number of fused-ring (bicyclic) bond motifs is 9. The Morgan fingerprint density at radius 2 is 0.660 bits per heavy atom. The van der Waals surface area contributed by atoms with E-state index in [1.54, 1.807) is 0 Å².